The van der Waals surface area contributed by atoms with Gasteiger partial charge in [-0.25, -0.2) is 9.07 Å². The Hall–Kier alpha value is -2.35. The van der Waals surface area contributed by atoms with Crippen LogP contribution in [0.3, 0.4) is 0 Å². The van der Waals surface area contributed by atoms with Crippen LogP contribution in [0.2, 0.25) is 0 Å². The first-order valence-corrected chi connectivity index (χ1v) is 5.08. The summed E-state index contributed by atoms with van der Waals surface area (Å²) < 4.78 is 14.1. The second kappa shape index (κ2) is 4.88. The van der Waals surface area contributed by atoms with Gasteiger partial charge in [-0.15, -0.1) is 5.10 Å². The zero-order chi connectivity index (χ0) is 13.1. The van der Waals surface area contributed by atoms with Crippen LogP contribution in [0.25, 0.3) is 5.69 Å². The molecule has 0 fully saturated rings. The van der Waals surface area contributed by atoms with E-state index >= 15 is 0 Å². The molecule has 0 aliphatic rings. The van der Waals surface area contributed by atoms with Crippen molar-refractivity contribution in [3.05, 3.63) is 46.0 Å². The zero-order valence-corrected chi connectivity index (χ0v) is 9.15. The van der Waals surface area contributed by atoms with E-state index in [-0.39, 0.29) is 12.3 Å². The van der Waals surface area contributed by atoms with Crippen LogP contribution in [-0.2, 0) is 6.42 Å². The second-order valence-electron chi connectivity index (χ2n) is 3.52. The van der Waals surface area contributed by atoms with Gasteiger partial charge in [0.15, 0.2) is 0 Å². The number of aliphatic hydroxyl groups is 1. The Labute approximate surface area is 101 Å². The van der Waals surface area contributed by atoms with E-state index in [0.29, 0.717) is 12.1 Å². The van der Waals surface area contributed by atoms with E-state index in [1.807, 2.05) is 0 Å². The largest absolute Gasteiger partial charge is 0.396 e. The molecule has 7 nitrogen and oxygen atoms in total. The Morgan fingerprint density at radius 1 is 1.50 bits per heavy atom. The van der Waals surface area contributed by atoms with Gasteiger partial charge in [0.2, 0.25) is 0 Å². The summed E-state index contributed by atoms with van der Waals surface area (Å²) in [5.41, 5.74) is 0.227. The topological polar surface area (TPSA) is 94.1 Å². The number of hydrogen-bond donors (Lipinski definition) is 1. The molecular weight excluding hydrogens is 243 g/mol. The molecule has 1 heterocycles. The van der Waals surface area contributed by atoms with Crippen molar-refractivity contribution in [1.82, 2.24) is 15.0 Å². The van der Waals surface area contributed by atoms with E-state index in [1.54, 1.807) is 0 Å². The summed E-state index contributed by atoms with van der Waals surface area (Å²) in [6.45, 7) is -0.0931. The molecule has 0 saturated carbocycles. The molecule has 0 unspecified atom stereocenters. The Morgan fingerprint density at radius 2 is 2.28 bits per heavy atom. The van der Waals surface area contributed by atoms with Crippen LogP contribution < -0.4 is 0 Å². The van der Waals surface area contributed by atoms with E-state index < -0.39 is 16.4 Å². The molecule has 1 aromatic carbocycles. The predicted molar refractivity (Wildman–Crippen MR) is 58.8 cm³/mol. The maximum Gasteiger partial charge on any atom is 0.297 e. The fourth-order valence-electron chi connectivity index (χ4n) is 1.48. The van der Waals surface area contributed by atoms with Gasteiger partial charge in [-0.1, -0.05) is 5.21 Å². The third-order valence-corrected chi connectivity index (χ3v) is 2.29. The zero-order valence-electron chi connectivity index (χ0n) is 9.15. The molecule has 0 bridgehead atoms. The molecule has 0 atom stereocenters. The van der Waals surface area contributed by atoms with Crippen molar-refractivity contribution in [2.75, 3.05) is 6.61 Å². The molecule has 94 valence electrons. The van der Waals surface area contributed by atoms with Gasteiger partial charge in [-0.05, 0) is 12.1 Å². The van der Waals surface area contributed by atoms with Crippen molar-refractivity contribution in [2.24, 2.45) is 0 Å². The van der Waals surface area contributed by atoms with Crippen LogP contribution in [0, 0.1) is 15.9 Å². The van der Waals surface area contributed by atoms with Gasteiger partial charge < -0.3 is 5.11 Å². The van der Waals surface area contributed by atoms with Crippen molar-refractivity contribution in [1.29, 1.82) is 0 Å². The number of hydrogen-bond acceptors (Lipinski definition) is 5. The molecule has 1 N–H and O–H groups in total. The Kier molecular flexibility index (Phi) is 3.28. The number of rotatable bonds is 4. The lowest BCUT2D eigenvalue weighted by Crippen LogP contribution is -2.01. The van der Waals surface area contributed by atoms with Gasteiger partial charge >= 0.3 is 0 Å². The number of halogens is 1. The molecule has 2 rings (SSSR count). The first-order chi connectivity index (χ1) is 8.61. The summed E-state index contributed by atoms with van der Waals surface area (Å²) in [5.74, 6) is -0.693. The summed E-state index contributed by atoms with van der Waals surface area (Å²) in [6, 6.07) is 3.18. The monoisotopic (exact) mass is 252 g/mol. The van der Waals surface area contributed by atoms with Crippen LogP contribution in [0.1, 0.15) is 5.69 Å². The molecule has 0 aliphatic heterocycles. The van der Waals surface area contributed by atoms with Crippen molar-refractivity contribution in [3.63, 3.8) is 0 Å². The molecule has 2 aromatic rings. The predicted octanol–water partition coefficient (Wildman–Crippen LogP) is 0.849. The highest BCUT2D eigenvalue weighted by Crippen LogP contribution is 2.23. The normalized spacial score (nSPS) is 10.6. The van der Waals surface area contributed by atoms with Crippen molar-refractivity contribution < 1.29 is 14.4 Å². The number of aromatic nitrogens is 3. The number of benzene rings is 1. The molecule has 1 aromatic heterocycles. The lowest BCUT2D eigenvalue weighted by atomic mass is 10.2. The quantitative estimate of drug-likeness (QED) is 0.643. The SMILES string of the molecule is O=[N+]([O-])c1cc(F)ccc1-n1cc(CCO)nn1. The average Bonchev–Trinajstić information content (AvgIpc) is 2.78. The Balaban J connectivity index is 2.45. The molecule has 0 spiro atoms. The summed E-state index contributed by atoms with van der Waals surface area (Å²) in [5, 5.41) is 27.0. The van der Waals surface area contributed by atoms with E-state index in [0.717, 1.165) is 12.1 Å². The molecule has 0 aliphatic carbocycles. The fraction of sp³-hybridized carbons (Fsp3) is 0.200. The number of nitro benzene ring substituents is 1. The van der Waals surface area contributed by atoms with Crippen molar-refractivity contribution in [2.45, 2.75) is 6.42 Å². The first-order valence-electron chi connectivity index (χ1n) is 5.08. The average molecular weight is 252 g/mol. The lowest BCUT2D eigenvalue weighted by Gasteiger charge is -2.01. The maximum absolute atomic E-state index is 13.0. The van der Waals surface area contributed by atoms with E-state index in [2.05, 4.69) is 10.3 Å². The highest BCUT2D eigenvalue weighted by Gasteiger charge is 2.17. The van der Waals surface area contributed by atoms with Crippen molar-refractivity contribution >= 4 is 5.69 Å². The van der Waals surface area contributed by atoms with Gasteiger partial charge in [-0.2, -0.15) is 0 Å². The van der Waals surface area contributed by atoms with E-state index in [1.165, 1.54) is 16.9 Å². The second-order valence-corrected chi connectivity index (χ2v) is 3.52. The molecule has 8 heteroatoms. The van der Waals surface area contributed by atoms with Gasteiger partial charge in [0.25, 0.3) is 5.69 Å². The van der Waals surface area contributed by atoms with Crippen LogP contribution in [0.15, 0.2) is 24.4 Å². The fourth-order valence-corrected chi connectivity index (χ4v) is 1.48. The Bertz CT molecular complexity index is 584. The van der Waals surface area contributed by atoms with Gasteiger partial charge in [-0.3, -0.25) is 10.1 Å². The summed E-state index contributed by atoms with van der Waals surface area (Å²) in [7, 11) is 0. The van der Waals surface area contributed by atoms with Gasteiger partial charge in [0, 0.05) is 13.0 Å². The van der Waals surface area contributed by atoms with Gasteiger partial charge in [0.1, 0.15) is 11.5 Å². The summed E-state index contributed by atoms with van der Waals surface area (Å²) in [4.78, 5) is 10.1. The minimum Gasteiger partial charge on any atom is -0.396 e. The highest BCUT2D eigenvalue weighted by molar-refractivity contribution is 5.51. The molecule has 0 saturated heterocycles. The van der Waals surface area contributed by atoms with E-state index in [4.69, 9.17) is 5.11 Å². The third kappa shape index (κ3) is 2.33. The Morgan fingerprint density at radius 3 is 2.94 bits per heavy atom. The van der Waals surface area contributed by atoms with Gasteiger partial charge in [0.05, 0.1) is 22.9 Å². The molecule has 18 heavy (non-hydrogen) atoms. The maximum atomic E-state index is 13.0. The van der Waals surface area contributed by atoms with Crippen LogP contribution in [0.4, 0.5) is 10.1 Å². The molecule has 0 amide bonds. The number of nitrogens with zero attached hydrogens (tertiary/aromatic N) is 4. The van der Waals surface area contributed by atoms with E-state index in [9.17, 15) is 14.5 Å². The molecule has 0 radical (unpaired) electrons. The van der Waals surface area contributed by atoms with Crippen LogP contribution in [-0.4, -0.2) is 31.6 Å². The highest BCUT2D eigenvalue weighted by atomic mass is 19.1. The standard InChI is InChI=1S/C10H9FN4O3/c11-7-1-2-9(10(5-7)15(17)18)14-6-8(3-4-16)12-13-14/h1-2,5-6,16H,3-4H2. The first kappa shape index (κ1) is 12.1. The summed E-state index contributed by atoms with van der Waals surface area (Å²) >= 11 is 0. The minimum absolute atomic E-state index is 0.0931. The number of aliphatic hydroxyl groups excluding tert-OH is 1. The minimum atomic E-state index is -0.693. The lowest BCUT2D eigenvalue weighted by molar-refractivity contribution is -0.384. The van der Waals surface area contributed by atoms with Crippen LogP contribution in [0.5, 0.6) is 0 Å². The third-order valence-electron chi connectivity index (χ3n) is 2.29. The van der Waals surface area contributed by atoms with Crippen LogP contribution >= 0.6 is 0 Å². The number of nitro groups is 1. The van der Waals surface area contributed by atoms with Crippen molar-refractivity contribution in [3.8, 4) is 5.69 Å². The molecular formula is C10H9FN4O3. The smallest absolute Gasteiger partial charge is 0.297 e. The summed E-state index contributed by atoms with van der Waals surface area (Å²) in [6.07, 6.45) is 1.76.